The van der Waals surface area contributed by atoms with Crippen LogP contribution in [-0.4, -0.2) is 16.3 Å². The lowest BCUT2D eigenvalue weighted by molar-refractivity contribution is 0.0566. The van der Waals surface area contributed by atoms with Crippen LogP contribution in [0.5, 0.6) is 5.75 Å². The standard InChI is InChI=1S/C17H22O2/c18-11-2-4-12-10(9-11)1-3-14-13(12)5-6-16-15(14)7-8-17(16)19/h2,4,9,13-19H,1,3,5-8H2/t13-,14-,15+,16+,17-/m1/s1. The summed E-state index contributed by atoms with van der Waals surface area (Å²) in [5.41, 5.74) is 2.84. The molecule has 3 aliphatic carbocycles. The Kier molecular flexibility index (Phi) is 2.63. The van der Waals surface area contributed by atoms with Gasteiger partial charge in [0.2, 0.25) is 0 Å². The second kappa shape index (κ2) is 4.24. The number of rotatable bonds is 0. The van der Waals surface area contributed by atoms with Crippen molar-refractivity contribution in [2.75, 3.05) is 0 Å². The van der Waals surface area contributed by atoms with Crippen molar-refractivity contribution in [3.05, 3.63) is 29.3 Å². The molecular formula is C17H22O2. The molecule has 0 aromatic heterocycles. The molecule has 5 atom stereocenters. The van der Waals surface area contributed by atoms with Gasteiger partial charge in [-0.15, -0.1) is 0 Å². The summed E-state index contributed by atoms with van der Waals surface area (Å²) in [6, 6.07) is 5.95. The third kappa shape index (κ3) is 1.73. The largest absolute Gasteiger partial charge is 0.508 e. The fourth-order valence-electron chi connectivity index (χ4n) is 5.19. The average molecular weight is 258 g/mol. The molecule has 0 bridgehead atoms. The zero-order valence-electron chi connectivity index (χ0n) is 11.3. The fourth-order valence-corrected chi connectivity index (χ4v) is 5.19. The maximum atomic E-state index is 10.1. The molecule has 2 saturated carbocycles. The van der Waals surface area contributed by atoms with E-state index in [0.717, 1.165) is 24.7 Å². The van der Waals surface area contributed by atoms with E-state index in [1.807, 2.05) is 12.1 Å². The number of phenols is 1. The Morgan fingerprint density at radius 1 is 0.895 bits per heavy atom. The van der Waals surface area contributed by atoms with E-state index in [4.69, 9.17) is 0 Å². The van der Waals surface area contributed by atoms with Gasteiger partial charge in [-0.05, 0) is 85.5 Å². The van der Waals surface area contributed by atoms with Gasteiger partial charge in [-0.3, -0.25) is 0 Å². The molecular weight excluding hydrogens is 236 g/mol. The lowest BCUT2D eigenvalue weighted by Gasteiger charge is -2.44. The summed E-state index contributed by atoms with van der Waals surface area (Å²) >= 11 is 0. The predicted octanol–water partition coefficient (Wildman–Crippen LogP) is 3.22. The zero-order chi connectivity index (χ0) is 13.0. The number of hydrogen-bond acceptors (Lipinski definition) is 2. The Bertz CT molecular complexity index is 496. The minimum Gasteiger partial charge on any atom is -0.508 e. The molecule has 2 N–H and O–H groups in total. The first kappa shape index (κ1) is 11.8. The van der Waals surface area contributed by atoms with E-state index < -0.39 is 0 Å². The van der Waals surface area contributed by atoms with Crippen LogP contribution in [0.3, 0.4) is 0 Å². The van der Waals surface area contributed by atoms with E-state index in [1.165, 1.54) is 36.8 Å². The summed E-state index contributed by atoms with van der Waals surface area (Å²) in [7, 11) is 0. The number of fused-ring (bicyclic) bond motifs is 5. The van der Waals surface area contributed by atoms with E-state index >= 15 is 0 Å². The van der Waals surface area contributed by atoms with Crippen molar-refractivity contribution >= 4 is 0 Å². The van der Waals surface area contributed by atoms with Gasteiger partial charge < -0.3 is 10.2 Å². The molecule has 2 fully saturated rings. The van der Waals surface area contributed by atoms with E-state index in [1.54, 1.807) is 0 Å². The fraction of sp³-hybridized carbons (Fsp3) is 0.647. The third-order valence-corrected chi connectivity index (χ3v) is 5.99. The smallest absolute Gasteiger partial charge is 0.115 e. The quantitative estimate of drug-likeness (QED) is 0.750. The molecule has 102 valence electrons. The van der Waals surface area contributed by atoms with Crippen molar-refractivity contribution < 1.29 is 10.2 Å². The van der Waals surface area contributed by atoms with Crippen molar-refractivity contribution in [2.24, 2.45) is 17.8 Å². The Morgan fingerprint density at radius 2 is 1.74 bits per heavy atom. The van der Waals surface area contributed by atoms with Crippen LogP contribution in [0, 0.1) is 17.8 Å². The second-order valence-electron chi connectivity index (χ2n) is 6.74. The molecule has 3 aliphatic rings. The molecule has 0 unspecified atom stereocenters. The second-order valence-corrected chi connectivity index (χ2v) is 6.74. The van der Waals surface area contributed by atoms with Crippen molar-refractivity contribution in [3.8, 4) is 5.75 Å². The molecule has 1 aromatic rings. The van der Waals surface area contributed by atoms with Gasteiger partial charge in [0.25, 0.3) is 0 Å². The first-order chi connectivity index (χ1) is 9.24. The van der Waals surface area contributed by atoms with E-state index in [9.17, 15) is 10.2 Å². The lowest BCUT2D eigenvalue weighted by Crippen LogP contribution is -2.36. The van der Waals surface area contributed by atoms with Crippen LogP contribution in [0.4, 0.5) is 0 Å². The van der Waals surface area contributed by atoms with Crippen molar-refractivity contribution in [1.29, 1.82) is 0 Å². The highest BCUT2D eigenvalue weighted by atomic mass is 16.3. The highest BCUT2D eigenvalue weighted by Crippen LogP contribution is 2.55. The Morgan fingerprint density at radius 3 is 2.63 bits per heavy atom. The Labute approximate surface area is 114 Å². The molecule has 2 heteroatoms. The van der Waals surface area contributed by atoms with Gasteiger partial charge in [-0.1, -0.05) is 6.07 Å². The molecule has 0 spiro atoms. The molecule has 0 amide bonds. The molecule has 19 heavy (non-hydrogen) atoms. The van der Waals surface area contributed by atoms with Crippen LogP contribution < -0.4 is 0 Å². The molecule has 4 rings (SSSR count). The first-order valence-corrected chi connectivity index (χ1v) is 7.74. The molecule has 0 aliphatic heterocycles. The number of aryl methyl sites for hydroxylation is 1. The van der Waals surface area contributed by atoms with Crippen molar-refractivity contribution in [3.63, 3.8) is 0 Å². The van der Waals surface area contributed by atoms with Crippen molar-refractivity contribution in [2.45, 2.75) is 50.5 Å². The number of hydrogen-bond donors (Lipinski definition) is 2. The van der Waals surface area contributed by atoms with Gasteiger partial charge in [-0.25, -0.2) is 0 Å². The Balaban J connectivity index is 1.68. The zero-order valence-corrected chi connectivity index (χ0v) is 11.3. The molecule has 2 nitrogen and oxygen atoms in total. The molecule has 0 saturated heterocycles. The number of aliphatic hydroxyl groups is 1. The van der Waals surface area contributed by atoms with Gasteiger partial charge in [0, 0.05) is 0 Å². The summed E-state index contributed by atoms with van der Waals surface area (Å²) in [6.45, 7) is 0. The predicted molar refractivity (Wildman–Crippen MR) is 74.1 cm³/mol. The van der Waals surface area contributed by atoms with Crippen LogP contribution in [0.2, 0.25) is 0 Å². The summed E-state index contributed by atoms with van der Waals surface area (Å²) in [5, 5.41) is 19.7. The molecule has 1 aromatic carbocycles. The highest BCUT2D eigenvalue weighted by Gasteiger charge is 2.47. The monoisotopic (exact) mass is 258 g/mol. The minimum absolute atomic E-state index is 0.0350. The molecule has 0 radical (unpaired) electrons. The number of phenolic OH excluding ortho intramolecular Hbond substituents is 1. The summed E-state index contributed by atoms with van der Waals surface area (Å²) in [6.07, 6.45) is 6.96. The van der Waals surface area contributed by atoms with E-state index in [0.29, 0.717) is 17.6 Å². The summed E-state index contributed by atoms with van der Waals surface area (Å²) in [4.78, 5) is 0. The van der Waals surface area contributed by atoms with Crippen LogP contribution >= 0.6 is 0 Å². The van der Waals surface area contributed by atoms with E-state index in [-0.39, 0.29) is 6.10 Å². The van der Waals surface area contributed by atoms with Crippen LogP contribution in [0.25, 0.3) is 0 Å². The van der Waals surface area contributed by atoms with Crippen LogP contribution in [-0.2, 0) is 6.42 Å². The first-order valence-electron chi connectivity index (χ1n) is 7.74. The van der Waals surface area contributed by atoms with Gasteiger partial charge in [-0.2, -0.15) is 0 Å². The van der Waals surface area contributed by atoms with Gasteiger partial charge in [0.05, 0.1) is 6.10 Å². The van der Waals surface area contributed by atoms with Crippen molar-refractivity contribution in [1.82, 2.24) is 0 Å². The summed E-state index contributed by atoms with van der Waals surface area (Å²) < 4.78 is 0. The number of aromatic hydroxyl groups is 1. The van der Waals surface area contributed by atoms with Gasteiger partial charge in [0.15, 0.2) is 0 Å². The van der Waals surface area contributed by atoms with Crippen LogP contribution in [0.15, 0.2) is 18.2 Å². The third-order valence-electron chi connectivity index (χ3n) is 5.99. The van der Waals surface area contributed by atoms with Gasteiger partial charge in [0.1, 0.15) is 5.75 Å². The normalized spacial score (nSPS) is 40.4. The summed E-state index contributed by atoms with van der Waals surface area (Å²) in [5.74, 6) is 3.17. The van der Waals surface area contributed by atoms with Crippen LogP contribution in [0.1, 0.15) is 49.1 Å². The SMILES string of the molecule is Oc1ccc2c(c1)CC[C@H]1[C@@H]3CC[C@@H](O)[C@H]3CC[C@H]21. The number of benzene rings is 1. The molecule has 0 heterocycles. The minimum atomic E-state index is -0.0350. The highest BCUT2D eigenvalue weighted by molar-refractivity contribution is 5.39. The van der Waals surface area contributed by atoms with E-state index in [2.05, 4.69) is 6.07 Å². The maximum absolute atomic E-state index is 10.1. The number of aliphatic hydroxyl groups excluding tert-OH is 1. The topological polar surface area (TPSA) is 40.5 Å². The Hall–Kier alpha value is -1.02. The van der Waals surface area contributed by atoms with Gasteiger partial charge >= 0.3 is 0 Å². The maximum Gasteiger partial charge on any atom is 0.115 e. The average Bonchev–Trinajstić information content (AvgIpc) is 2.80. The lowest BCUT2D eigenvalue weighted by atomic mass is 9.61.